The van der Waals surface area contributed by atoms with Crippen molar-refractivity contribution in [3.05, 3.63) is 54.1 Å². The van der Waals surface area contributed by atoms with Crippen molar-refractivity contribution >= 4 is 29.2 Å². The molecule has 5 nitrogen and oxygen atoms in total. The zero-order valence-electron chi connectivity index (χ0n) is 31.2. The van der Waals surface area contributed by atoms with Crippen LogP contribution in [0.4, 0.5) is 0 Å². The SMILES string of the molecule is C=CC.CC1(C)C(c2ccc(C(=O)O)cc2)=CCC2(C)C1CCC1(C)C3CCC4(C(=O)NCCCN5CCSCC5)CCCC4C3CCC12. The number of thioether (sulfide) groups is 1. The summed E-state index contributed by atoms with van der Waals surface area (Å²) in [5, 5.41) is 12.9. The van der Waals surface area contributed by atoms with Crippen LogP contribution in [0.15, 0.2) is 43.0 Å². The number of amides is 1. The highest BCUT2D eigenvalue weighted by molar-refractivity contribution is 7.99. The molecule has 1 saturated heterocycles. The summed E-state index contributed by atoms with van der Waals surface area (Å²) in [6.45, 7) is 19.8. The third kappa shape index (κ3) is 6.49. The Morgan fingerprint density at radius 1 is 0.939 bits per heavy atom. The van der Waals surface area contributed by atoms with Crippen LogP contribution in [0.1, 0.15) is 121 Å². The van der Waals surface area contributed by atoms with E-state index in [0.717, 1.165) is 44.7 Å². The number of rotatable bonds is 7. The molecule has 0 aromatic heterocycles. The van der Waals surface area contributed by atoms with Crippen LogP contribution >= 0.6 is 11.8 Å². The maximum atomic E-state index is 14.0. The summed E-state index contributed by atoms with van der Waals surface area (Å²) in [7, 11) is 0. The van der Waals surface area contributed by atoms with Gasteiger partial charge in [-0.05, 0) is 147 Å². The summed E-state index contributed by atoms with van der Waals surface area (Å²) >= 11 is 2.06. The summed E-state index contributed by atoms with van der Waals surface area (Å²) in [6.07, 6.45) is 17.5. The Kier molecular flexibility index (Phi) is 10.9. The molecule has 1 aliphatic heterocycles. The molecule has 0 bridgehead atoms. The number of hydrogen-bond donors (Lipinski definition) is 2. The highest BCUT2D eigenvalue weighted by atomic mass is 32.2. The molecular weight excluding hydrogens is 625 g/mol. The monoisotopic (exact) mass is 688 g/mol. The van der Waals surface area contributed by atoms with Crippen molar-refractivity contribution in [1.82, 2.24) is 10.2 Å². The molecule has 2 N–H and O–H groups in total. The Labute approximate surface area is 301 Å². The fourth-order valence-electron chi connectivity index (χ4n) is 13.0. The molecule has 1 heterocycles. The second kappa shape index (κ2) is 14.5. The molecule has 8 unspecified atom stereocenters. The number of nitrogens with zero attached hydrogens (tertiary/aromatic N) is 1. The number of aromatic carboxylic acids is 1. The van der Waals surface area contributed by atoms with Gasteiger partial charge in [0, 0.05) is 31.1 Å². The maximum absolute atomic E-state index is 14.0. The standard InChI is InChI=1S/C40H58N2O3S.C3H6/c1-37(2)30(27-8-10-28(11-9-27)35(43)44)14-18-39(4)33(37)16-19-38(3)31-15-20-40(17-5-7-32(40)29(31)12-13-34(38)39)36(45)41-21-6-22-42-23-25-46-26-24-42;1-3-2/h8-11,14,29,31-34H,5-7,12-13,15-26H2,1-4H3,(H,41,45)(H,43,44);3H,1H2,2H3. The first-order chi connectivity index (χ1) is 23.4. The van der Waals surface area contributed by atoms with Crippen molar-refractivity contribution in [2.24, 2.45) is 51.2 Å². The number of allylic oxidation sites excluding steroid dienone is 3. The van der Waals surface area contributed by atoms with Gasteiger partial charge in [0.15, 0.2) is 0 Å². The number of hydrogen-bond acceptors (Lipinski definition) is 4. The maximum Gasteiger partial charge on any atom is 0.335 e. The topological polar surface area (TPSA) is 69.6 Å². The van der Waals surface area contributed by atoms with E-state index in [-0.39, 0.29) is 16.2 Å². The lowest BCUT2D eigenvalue weighted by Gasteiger charge is -2.68. The average Bonchev–Trinajstić information content (AvgIpc) is 3.53. The van der Waals surface area contributed by atoms with E-state index in [1.54, 1.807) is 18.2 Å². The van der Waals surface area contributed by atoms with Gasteiger partial charge in [-0.15, -0.1) is 6.58 Å². The largest absolute Gasteiger partial charge is 0.478 e. The van der Waals surface area contributed by atoms with Crippen molar-refractivity contribution in [1.29, 1.82) is 0 Å². The summed E-state index contributed by atoms with van der Waals surface area (Å²) in [4.78, 5) is 28.1. The van der Waals surface area contributed by atoms with E-state index in [4.69, 9.17) is 0 Å². The van der Waals surface area contributed by atoms with E-state index in [2.05, 4.69) is 62.3 Å². The van der Waals surface area contributed by atoms with Gasteiger partial charge in [-0.1, -0.05) is 58.4 Å². The summed E-state index contributed by atoms with van der Waals surface area (Å²) < 4.78 is 0. The number of carbonyl (C=O) groups is 2. The molecule has 1 aromatic carbocycles. The van der Waals surface area contributed by atoms with Gasteiger partial charge in [0.25, 0.3) is 0 Å². The quantitative estimate of drug-likeness (QED) is 0.221. The molecule has 270 valence electrons. The van der Waals surface area contributed by atoms with Gasteiger partial charge in [0.1, 0.15) is 0 Å². The van der Waals surface area contributed by atoms with Crippen molar-refractivity contribution in [2.45, 2.75) is 105 Å². The molecule has 4 saturated carbocycles. The lowest BCUT2D eigenvalue weighted by atomic mass is 9.36. The molecule has 6 heteroatoms. The van der Waals surface area contributed by atoms with Gasteiger partial charge < -0.3 is 15.3 Å². The molecule has 0 radical (unpaired) electrons. The van der Waals surface area contributed by atoms with Crippen molar-refractivity contribution in [2.75, 3.05) is 37.7 Å². The van der Waals surface area contributed by atoms with Crippen LogP contribution in [0, 0.1) is 51.2 Å². The highest BCUT2D eigenvalue weighted by Crippen LogP contribution is 2.73. The minimum Gasteiger partial charge on any atom is -0.478 e. The molecule has 5 aliphatic carbocycles. The Bertz CT molecular complexity index is 1400. The van der Waals surface area contributed by atoms with Crippen LogP contribution < -0.4 is 5.32 Å². The van der Waals surface area contributed by atoms with E-state index in [1.807, 2.05) is 19.1 Å². The van der Waals surface area contributed by atoms with Gasteiger partial charge >= 0.3 is 5.97 Å². The number of carboxylic acids is 1. The first kappa shape index (κ1) is 36.7. The lowest BCUT2D eigenvalue weighted by molar-refractivity contribution is -0.181. The van der Waals surface area contributed by atoms with Crippen molar-refractivity contribution in [3.63, 3.8) is 0 Å². The predicted octanol–water partition coefficient (Wildman–Crippen LogP) is 9.59. The Morgan fingerprint density at radius 2 is 1.65 bits per heavy atom. The van der Waals surface area contributed by atoms with E-state index in [0.29, 0.717) is 40.6 Å². The molecule has 0 spiro atoms. The van der Waals surface area contributed by atoms with Crippen LogP contribution in [0.25, 0.3) is 5.57 Å². The zero-order valence-corrected chi connectivity index (χ0v) is 32.0. The molecule has 49 heavy (non-hydrogen) atoms. The number of benzene rings is 1. The molecule has 7 rings (SSSR count). The third-order valence-corrected chi connectivity index (χ3v) is 16.0. The first-order valence-corrected chi connectivity index (χ1v) is 20.8. The first-order valence-electron chi connectivity index (χ1n) is 19.6. The zero-order chi connectivity index (χ0) is 35.0. The average molecular weight is 689 g/mol. The van der Waals surface area contributed by atoms with E-state index >= 15 is 0 Å². The fraction of sp³-hybridized carbons (Fsp3) is 0.721. The van der Waals surface area contributed by atoms with Gasteiger partial charge in [0.05, 0.1) is 11.0 Å². The van der Waals surface area contributed by atoms with Crippen LogP contribution in [0.5, 0.6) is 0 Å². The lowest BCUT2D eigenvalue weighted by Crippen LogP contribution is -2.62. The summed E-state index contributed by atoms with van der Waals surface area (Å²) in [5.74, 6) is 5.36. The Morgan fingerprint density at radius 3 is 2.35 bits per heavy atom. The van der Waals surface area contributed by atoms with Crippen molar-refractivity contribution in [3.8, 4) is 0 Å². The van der Waals surface area contributed by atoms with E-state index in [9.17, 15) is 14.7 Å². The Balaban J connectivity index is 0.00000134. The normalized spacial score (nSPS) is 37.9. The number of carboxylic acid groups (broad SMARTS) is 1. The molecular formula is C43H64N2O3S. The van der Waals surface area contributed by atoms with Gasteiger partial charge in [0.2, 0.25) is 5.91 Å². The van der Waals surface area contributed by atoms with Crippen LogP contribution in [0.2, 0.25) is 0 Å². The number of fused-ring (bicyclic) bond motifs is 7. The predicted molar refractivity (Wildman–Crippen MR) is 205 cm³/mol. The van der Waals surface area contributed by atoms with Crippen LogP contribution in [-0.2, 0) is 4.79 Å². The molecule has 8 atom stereocenters. The molecule has 6 aliphatic rings. The Hall–Kier alpha value is -2.05. The second-order valence-electron chi connectivity index (χ2n) is 17.6. The summed E-state index contributed by atoms with van der Waals surface area (Å²) in [5.41, 5.74) is 3.47. The molecule has 1 aromatic rings. The van der Waals surface area contributed by atoms with E-state index in [1.165, 1.54) is 80.7 Å². The summed E-state index contributed by atoms with van der Waals surface area (Å²) in [6, 6.07) is 7.58. The second-order valence-corrected chi connectivity index (χ2v) is 18.8. The van der Waals surface area contributed by atoms with Gasteiger partial charge in [-0.3, -0.25) is 4.79 Å². The fourth-order valence-corrected chi connectivity index (χ4v) is 14.0. The van der Waals surface area contributed by atoms with Crippen molar-refractivity contribution < 1.29 is 14.7 Å². The third-order valence-electron chi connectivity index (χ3n) is 15.0. The van der Waals surface area contributed by atoms with Crippen LogP contribution in [0.3, 0.4) is 0 Å². The number of carbonyl (C=O) groups excluding carboxylic acids is 1. The van der Waals surface area contributed by atoms with Gasteiger partial charge in [-0.2, -0.15) is 11.8 Å². The minimum atomic E-state index is -0.862. The van der Waals surface area contributed by atoms with E-state index < -0.39 is 5.97 Å². The smallest absolute Gasteiger partial charge is 0.335 e. The van der Waals surface area contributed by atoms with Gasteiger partial charge in [-0.25, -0.2) is 4.79 Å². The minimum absolute atomic E-state index is 0.0359. The molecule has 5 fully saturated rings. The van der Waals surface area contributed by atoms with Crippen LogP contribution in [-0.4, -0.2) is 59.6 Å². The number of nitrogens with one attached hydrogen (secondary N) is 1. The highest BCUT2D eigenvalue weighted by Gasteiger charge is 2.66. The molecule has 1 amide bonds.